The van der Waals surface area contributed by atoms with Crippen LogP contribution < -0.4 is 4.74 Å². The molecule has 0 bridgehead atoms. The minimum absolute atomic E-state index is 0.0457. The molecule has 0 unspecified atom stereocenters. The Kier molecular flexibility index (Phi) is 4.95. The van der Waals surface area contributed by atoms with Gasteiger partial charge in [0.15, 0.2) is 0 Å². The molecule has 0 aliphatic heterocycles. The minimum Gasteiger partial charge on any atom is -0.426 e. The molecule has 0 saturated heterocycles. The summed E-state index contributed by atoms with van der Waals surface area (Å²) >= 11 is 3.70. The number of carbonyl (C=O) groups is 1. The average molecular weight is 318 g/mol. The van der Waals surface area contributed by atoms with Crippen LogP contribution in [0.1, 0.15) is 17.5 Å². The number of hydrogen-bond acceptors (Lipinski definition) is 3. The largest absolute Gasteiger partial charge is 0.426 e. The number of rotatable bonds is 3. The van der Waals surface area contributed by atoms with Crippen molar-refractivity contribution in [2.75, 3.05) is 5.75 Å². The molecule has 20 heavy (non-hydrogen) atoms. The Balaban J connectivity index is 3.21. The standard InChI is InChI=1S/C11H8F6O2S/c12-10(13,14)6-3-7(11(15,16)17)5-8(4-6)19-9(18)1-2-20/h3-5,20H,1-2H2. The molecule has 1 aromatic rings. The molecule has 1 aromatic carbocycles. The van der Waals surface area contributed by atoms with Gasteiger partial charge >= 0.3 is 18.3 Å². The minimum atomic E-state index is -4.98. The van der Waals surface area contributed by atoms with Gasteiger partial charge < -0.3 is 4.74 Å². The molecular formula is C11H8F6O2S. The first kappa shape index (κ1) is 16.7. The van der Waals surface area contributed by atoms with E-state index in [0.29, 0.717) is 12.1 Å². The zero-order valence-corrected chi connectivity index (χ0v) is 10.6. The molecule has 0 heterocycles. The molecule has 0 N–H and O–H groups in total. The molecule has 2 nitrogen and oxygen atoms in total. The van der Waals surface area contributed by atoms with Crippen LogP contribution in [0, 0.1) is 0 Å². The molecule has 1 rings (SSSR count). The van der Waals surface area contributed by atoms with Crippen LogP contribution in [0.4, 0.5) is 26.3 Å². The lowest BCUT2D eigenvalue weighted by atomic mass is 10.1. The Bertz CT molecular complexity index is 462. The average Bonchev–Trinajstić information content (AvgIpc) is 2.26. The SMILES string of the molecule is O=C(CCS)Oc1cc(C(F)(F)F)cc(C(F)(F)F)c1. The summed E-state index contributed by atoms with van der Waals surface area (Å²) in [5.74, 6) is -1.71. The van der Waals surface area contributed by atoms with Crippen LogP contribution in [0.15, 0.2) is 18.2 Å². The lowest BCUT2D eigenvalue weighted by Crippen LogP contribution is -2.13. The molecule has 0 amide bonds. The van der Waals surface area contributed by atoms with Crippen LogP contribution in [-0.2, 0) is 17.1 Å². The van der Waals surface area contributed by atoms with E-state index >= 15 is 0 Å². The van der Waals surface area contributed by atoms with Crippen LogP contribution in [-0.4, -0.2) is 11.7 Å². The number of esters is 1. The van der Waals surface area contributed by atoms with E-state index in [4.69, 9.17) is 0 Å². The van der Waals surface area contributed by atoms with Gasteiger partial charge in [-0.15, -0.1) is 0 Å². The predicted molar refractivity (Wildman–Crippen MR) is 60.6 cm³/mol. The summed E-state index contributed by atoms with van der Waals surface area (Å²) in [7, 11) is 0. The van der Waals surface area contributed by atoms with Crippen molar-refractivity contribution in [3.8, 4) is 5.75 Å². The fourth-order valence-electron chi connectivity index (χ4n) is 1.26. The molecule has 9 heteroatoms. The summed E-state index contributed by atoms with van der Waals surface area (Å²) in [6.07, 6.45) is -10.2. The monoisotopic (exact) mass is 318 g/mol. The van der Waals surface area contributed by atoms with Crippen LogP contribution >= 0.6 is 12.6 Å². The number of thiol groups is 1. The topological polar surface area (TPSA) is 26.3 Å². The maximum atomic E-state index is 12.5. The first-order valence-corrected chi connectivity index (χ1v) is 5.78. The van der Waals surface area contributed by atoms with Gasteiger partial charge in [0.25, 0.3) is 0 Å². The lowest BCUT2D eigenvalue weighted by Gasteiger charge is -2.14. The van der Waals surface area contributed by atoms with Crippen molar-refractivity contribution in [3.05, 3.63) is 29.3 Å². The molecule has 0 aliphatic carbocycles. The second kappa shape index (κ2) is 5.94. The molecule has 0 radical (unpaired) electrons. The van der Waals surface area contributed by atoms with E-state index in [2.05, 4.69) is 17.4 Å². The number of ether oxygens (including phenoxy) is 1. The lowest BCUT2D eigenvalue weighted by molar-refractivity contribution is -0.144. The summed E-state index contributed by atoms with van der Waals surface area (Å²) in [5.41, 5.74) is -3.08. The number of halogens is 6. The Labute approximate surface area is 115 Å². The van der Waals surface area contributed by atoms with E-state index in [9.17, 15) is 31.1 Å². The third-order valence-electron chi connectivity index (χ3n) is 2.11. The van der Waals surface area contributed by atoms with E-state index in [1.54, 1.807) is 0 Å². The molecule has 112 valence electrons. The molecule has 0 saturated carbocycles. The van der Waals surface area contributed by atoms with Crippen LogP contribution in [0.5, 0.6) is 5.75 Å². The van der Waals surface area contributed by atoms with Gasteiger partial charge in [-0.25, -0.2) is 0 Å². The summed E-state index contributed by atoms with van der Waals surface area (Å²) in [6.45, 7) is 0. The highest BCUT2D eigenvalue weighted by molar-refractivity contribution is 7.80. The maximum Gasteiger partial charge on any atom is 0.416 e. The third-order valence-corrected chi connectivity index (χ3v) is 2.33. The Morgan fingerprint density at radius 1 is 1.00 bits per heavy atom. The summed E-state index contributed by atoms with van der Waals surface area (Å²) in [6, 6.07) is 0.632. The number of benzene rings is 1. The fraction of sp³-hybridized carbons (Fsp3) is 0.364. The highest BCUT2D eigenvalue weighted by Gasteiger charge is 2.37. The van der Waals surface area contributed by atoms with Gasteiger partial charge in [0, 0.05) is 5.75 Å². The van der Waals surface area contributed by atoms with Gasteiger partial charge in [-0.05, 0) is 18.2 Å². The first-order valence-electron chi connectivity index (χ1n) is 5.15. The summed E-state index contributed by atoms with van der Waals surface area (Å²) < 4.78 is 79.4. The summed E-state index contributed by atoms with van der Waals surface area (Å²) in [4.78, 5) is 11.1. The van der Waals surface area contributed by atoms with Crippen molar-refractivity contribution in [3.63, 3.8) is 0 Å². The van der Waals surface area contributed by atoms with Crippen LogP contribution in [0.3, 0.4) is 0 Å². The van der Waals surface area contributed by atoms with Gasteiger partial charge in [0.1, 0.15) is 5.75 Å². The highest BCUT2D eigenvalue weighted by atomic mass is 32.1. The molecule has 0 aliphatic rings. The quantitative estimate of drug-likeness (QED) is 0.395. The van der Waals surface area contributed by atoms with Crippen LogP contribution in [0.2, 0.25) is 0 Å². The molecule has 0 aromatic heterocycles. The van der Waals surface area contributed by atoms with Crippen molar-refractivity contribution < 1.29 is 35.9 Å². The second-order valence-electron chi connectivity index (χ2n) is 3.69. The maximum absolute atomic E-state index is 12.5. The van der Waals surface area contributed by atoms with Crippen molar-refractivity contribution in [1.82, 2.24) is 0 Å². The van der Waals surface area contributed by atoms with Crippen molar-refractivity contribution >= 4 is 18.6 Å². The molecule has 0 fully saturated rings. The highest BCUT2D eigenvalue weighted by Crippen LogP contribution is 2.38. The molecular weight excluding hydrogens is 310 g/mol. The first-order chi connectivity index (χ1) is 9.04. The van der Waals surface area contributed by atoms with Gasteiger partial charge in [0.05, 0.1) is 17.5 Å². The zero-order chi connectivity index (χ0) is 15.6. The predicted octanol–water partition coefficient (Wildman–Crippen LogP) is 3.95. The van der Waals surface area contributed by atoms with Crippen molar-refractivity contribution in [2.24, 2.45) is 0 Å². The molecule has 0 atom stereocenters. The van der Waals surface area contributed by atoms with Gasteiger partial charge in [-0.2, -0.15) is 39.0 Å². The molecule has 0 spiro atoms. The van der Waals surface area contributed by atoms with Crippen LogP contribution in [0.25, 0.3) is 0 Å². The Morgan fingerprint density at radius 2 is 1.45 bits per heavy atom. The zero-order valence-electron chi connectivity index (χ0n) is 9.68. The van der Waals surface area contributed by atoms with E-state index in [0.717, 1.165) is 0 Å². The number of hydrogen-bond donors (Lipinski definition) is 1. The Morgan fingerprint density at radius 3 is 1.80 bits per heavy atom. The van der Waals surface area contributed by atoms with Gasteiger partial charge in [-0.3, -0.25) is 4.79 Å². The summed E-state index contributed by atoms with van der Waals surface area (Å²) in [5, 5.41) is 0. The Hall–Kier alpha value is -1.38. The van der Waals surface area contributed by atoms with E-state index in [1.165, 1.54) is 0 Å². The number of alkyl halides is 6. The van der Waals surface area contributed by atoms with Gasteiger partial charge in [-0.1, -0.05) is 0 Å². The van der Waals surface area contributed by atoms with Gasteiger partial charge in [0.2, 0.25) is 0 Å². The second-order valence-corrected chi connectivity index (χ2v) is 4.14. The van der Waals surface area contributed by atoms with Crippen molar-refractivity contribution in [2.45, 2.75) is 18.8 Å². The third kappa shape index (κ3) is 4.62. The van der Waals surface area contributed by atoms with E-state index in [-0.39, 0.29) is 18.2 Å². The van der Waals surface area contributed by atoms with E-state index in [1.807, 2.05) is 0 Å². The number of carbonyl (C=O) groups excluding carboxylic acids is 1. The fourth-order valence-corrected chi connectivity index (χ4v) is 1.44. The normalized spacial score (nSPS) is 12.3. The van der Waals surface area contributed by atoms with Crippen molar-refractivity contribution in [1.29, 1.82) is 0 Å². The van der Waals surface area contributed by atoms with E-state index < -0.39 is 35.2 Å². The smallest absolute Gasteiger partial charge is 0.416 e.